The Kier molecular flexibility index (Phi) is 2.56. The van der Waals surface area contributed by atoms with Crippen molar-refractivity contribution in [1.29, 1.82) is 0 Å². The van der Waals surface area contributed by atoms with Gasteiger partial charge in [-0.25, -0.2) is 0 Å². The highest BCUT2D eigenvalue weighted by Crippen LogP contribution is 2.30. The molecule has 16 heavy (non-hydrogen) atoms. The second-order valence-electron chi connectivity index (χ2n) is 4.12. The summed E-state index contributed by atoms with van der Waals surface area (Å²) < 4.78 is 0. The first kappa shape index (κ1) is 10.5. The summed E-state index contributed by atoms with van der Waals surface area (Å²) in [6.07, 6.45) is 0. The van der Waals surface area contributed by atoms with Crippen LogP contribution in [-0.2, 0) is 0 Å². The van der Waals surface area contributed by atoms with Crippen LogP contribution in [0.4, 0.5) is 11.5 Å². The van der Waals surface area contributed by atoms with Crippen molar-refractivity contribution >= 4 is 11.5 Å². The summed E-state index contributed by atoms with van der Waals surface area (Å²) in [5, 5.41) is 6.88. The van der Waals surface area contributed by atoms with Gasteiger partial charge in [-0.05, 0) is 18.6 Å². The Balaban J connectivity index is 2.56. The van der Waals surface area contributed by atoms with E-state index in [0.717, 1.165) is 16.9 Å². The first-order chi connectivity index (χ1) is 7.58. The van der Waals surface area contributed by atoms with E-state index in [-0.39, 0.29) is 0 Å². The third-order valence-electron chi connectivity index (χ3n) is 2.52. The fourth-order valence-corrected chi connectivity index (χ4v) is 1.71. The molecule has 0 atom stereocenters. The second-order valence-corrected chi connectivity index (χ2v) is 4.12. The predicted octanol–water partition coefficient (Wildman–Crippen LogP) is 2.03. The van der Waals surface area contributed by atoms with Crippen LogP contribution >= 0.6 is 0 Å². The van der Waals surface area contributed by atoms with Crippen LogP contribution in [0.25, 0.3) is 11.3 Å². The number of nitrogens with one attached hydrogen (secondary N) is 1. The Morgan fingerprint density at radius 1 is 1.25 bits per heavy atom. The Morgan fingerprint density at radius 2 is 2.00 bits per heavy atom. The molecule has 0 aliphatic carbocycles. The number of aromatic nitrogens is 2. The number of nitrogen functional groups attached to an aromatic ring is 1. The standard InChI is InChI=1S/C12H16N4/c1-8-4-5-9(11(6-8)16(2)3)10-7-12(13)15-14-10/h4-7H,1-3H3,(H3,13,14,15). The van der Waals surface area contributed by atoms with E-state index in [1.807, 2.05) is 20.2 Å². The molecule has 0 aliphatic heterocycles. The summed E-state index contributed by atoms with van der Waals surface area (Å²) in [5.74, 6) is 0.514. The summed E-state index contributed by atoms with van der Waals surface area (Å²) in [4.78, 5) is 2.08. The van der Waals surface area contributed by atoms with Crippen molar-refractivity contribution in [3.05, 3.63) is 29.8 Å². The third-order valence-corrected chi connectivity index (χ3v) is 2.52. The van der Waals surface area contributed by atoms with Crippen molar-refractivity contribution in [2.75, 3.05) is 24.7 Å². The van der Waals surface area contributed by atoms with Gasteiger partial charge in [0.05, 0.1) is 5.69 Å². The maximum atomic E-state index is 5.62. The molecule has 1 aromatic heterocycles. The molecule has 3 N–H and O–H groups in total. The van der Waals surface area contributed by atoms with Gasteiger partial charge < -0.3 is 10.6 Å². The molecule has 4 nitrogen and oxygen atoms in total. The Bertz CT molecular complexity index is 499. The highest BCUT2D eigenvalue weighted by molar-refractivity contribution is 5.77. The van der Waals surface area contributed by atoms with Gasteiger partial charge >= 0.3 is 0 Å². The van der Waals surface area contributed by atoms with Gasteiger partial charge in [0, 0.05) is 31.4 Å². The van der Waals surface area contributed by atoms with E-state index >= 15 is 0 Å². The number of benzene rings is 1. The van der Waals surface area contributed by atoms with Gasteiger partial charge in [-0.15, -0.1) is 0 Å². The van der Waals surface area contributed by atoms with Crippen LogP contribution in [0, 0.1) is 6.92 Å². The summed E-state index contributed by atoms with van der Waals surface area (Å²) >= 11 is 0. The fourth-order valence-electron chi connectivity index (χ4n) is 1.71. The fraction of sp³-hybridized carbons (Fsp3) is 0.250. The number of nitrogens with two attached hydrogens (primary N) is 1. The molecule has 2 aromatic rings. The average Bonchev–Trinajstić information content (AvgIpc) is 2.64. The number of aromatic amines is 1. The Labute approximate surface area is 95.1 Å². The summed E-state index contributed by atoms with van der Waals surface area (Å²) in [5.41, 5.74) is 10.1. The van der Waals surface area contributed by atoms with Crippen LogP contribution in [0.1, 0.15) is 5.56 Å². The van der Waals surface area contributed by atoms with E-state index in [4.69, 9.17) is 5.73 Å². The van der Waals surface area contributed by atoms with Gasteiger partial charge in [-0.2, -0.15) is 5.10 Å². The van der Waals surface area contributed by atoms with Gasteiger partial charge in [0.1, 0.15) is 5.82 Å². The number of anilines is 2. The molecule has 0 bridgehead atoms. The largest absolute Gasteiger partial charge is 0.382 e. The van der Waals surface area contributed by atoms with Gasteiger partial charge in [0.2, 0.25) is 0 Å². The maximum absolute atomic E-state index is 5.62. The van der Waals surface area contributed by atoms with Gasteiger partial charge in [-0.3, -0.25) is 5.10 Å². The normalized spacial score (nSPS) is 10.4. The molecular weight excluding hydrogens is 200 g/mol. The Morgan fingerprint density at radius 3 is 2.56 bits per heavy atom. The van der Waals surface area contributed by atoms with Crippen molar-refractivity contribution in [3.8, 4) is 11.3 Å². The van der Waals surface area contributed by atoms with Crippen LogP contribution in [0.5, 0.6) is 0 Å². The summed E-state index contributed by atoms with van der Waals surface area (Å²) in [6.45, 7) is 2.08. The first-order valence-electron chi connectivity index (χ1n) is 5.17. The van der Waals surface area contributed by atoms with Gasteiger partial charge in [0.25, 0.3) is 0 Å². The molecule has 1 aromatic carbocycles. The van der Waals surface area contributed by atoms with Crippen LogP contribution in [-0.4, -0.2) is 24.3 Å². The summed E-state index contributed by atoms with van der Waals surface area (Å²) in [6, 6.07) is 8.15. The van der Waals surface area contributed by atoms with Gasteiger partial charge in [-0.1, -0.05) is 12.1 Å². The number of rotatable bonds is 2. The molecule has 0 saturated heterocycles. The molecule has 84 valence electrons. The lowest BCUT2D eigenvalue weighted by Gasteiger charge is -2.17. The minimum absolute atomic E-state index is 0.514. The minimum Gasteiger partial charge on any atom is -0.382 e. The maximum Gasteiger partial charge on any atom is 0.145 e. The van der Waals surface area contributed by atoms with Crippen molar-refractivity contribution < 1.29 is 0 Å². The molecule has 2 rings (SSSR count). The SMILES string of the molecule is Cc1ccc(-c2cc(N)n[nH]2)c(N(C)C)c1. The first-order valence-corrected chi connectivity index (χ1v) is 5.17. The lowest BCUT2D eigenvalue weighted by atomic mass is 10.1. The molecule has 0 amide bonds. The molecule has 0 unspecified atom stereocenters. The lowest BCUT2D eigenvalue weighted by Crippen LogP contribution is -2.10. The smallest absolute Gasteiger partial charge is 0.145 e. The van der Waals surface area contributed by atoms with Crippen LogP contribution in [0.15, 0.2) is 24.3 Å². The number of nitrogens with zero attached hydrogens (tertiary/aromatic N) is 2. The van der Waals surface area contributed by atoms with E-state index in [1.54, 1.807) is 0 Å². The highest BCUT2D eigenvalue weighted by atomic mass is 15.2. The van der Waals surface area contributed by atoms with E-state index in [9.17, 15) is 0 Å². The molecular formula is C12H16N4. The number of hydrogen-bond donors (Lipinski definition) is 2. The monoisotopic (exact) mass is 216 g/mol. The zero-order chi connectivity index (χ0) is 11.7. The second kappa shape index (κ2) is 3.89. The molecule has 0 radical (unpaired) electrons. The quantitative estimate of drug-likeness (QED) is 0.807. The third kappa shape index (κ3) is 1.86. The molecule has 0 aliphatic rings. The van der Waals surface area contributed by atoms with Crippen LogP contribution in [0.2, 0.25) is 0 Å². The minimum atomic E-state index is 0.514. The molecule has 1 heterocycles. The van der Waals surface area contributed by atoms with Crippen molar-refractivity contribution in [1.82, 2.24) is 10.2 Å². The van der Waals surface area contributed by atoms with E-state index < -0.39 is 0 Å². The number of hydrogen-bond acceptors (Lipinski definition) is 3. The zero-order valence-electron chi connectivity index (χ0n) is 9.78. The Hall–Kier alpha value is -1.97. The topological polar surface area (TPSA) is 57.9 Å². The lowest BCUT2D eigenvalue weighted by molar-refractivity contribution is 1.09. The number of aryl methyl sites for hydroxylation is 1. The molecule has 0 spiro atoms. The van der Waals surface area contributed by atoms with Crippen LogP contribution in [0.3, 0.4) is 0 Å². The number of H-pyrrole nitrogens is 1. The van der Waals surface area contributed by atoms with Crippen LogP contribution < -0.4 is 10.6 Å². The zero-order valence-corrected chi connectivity index (χ0v) is 9.78. The predicted molar refractivity (Wildman–Crippen MR) is 67.5 cm³/mol. The summed E-state index contributed by atoms with van der Waals surface area (Å²) in [7, 11) is 4.05. The van der Waals surface area contributed by atoms with E-state index in [1.165, 1.54) is 5.56 Å². The van der Waals surface area contributed by atoms with Crippen molar-refractivity contribution in [2.24, 2.45) is 0 Å². The van der Waals surface area contributed by atoms with E-state index in [0.29, 0.717) is 5.82 Å². The highest BCUT2D eigenvalue weighted by Gasteiger charge is 2.09. The van der Waals surface area contributed by atoms with Crippen molar-refractivity contribution in [3.63, 3.8) is 0 Å². The van der Waals surface area contributed by atoms with Gasteiger partial charge in [0.15, 0.2) is 0 Å². The van der Waals surface area contributed by atoms with Crippen molar-refractivity contribution in [2.45, 2.75) is 6.92 Å². The molecule has 0 saturated carbocycles. The molecule has 4 heteroatoms. The van der Waals surface area contributed by atoms with E-state index in [2.05, 4.69) is 40.2 Å². The average molecular weight is 216 g/mol. The molecule has 0 fully saturated rings.